The van der Waals surface area contributed by atoms with Gasteiger partial charge in [-0.1, -0.05) is 12.1 Å². The van der Waals surface area contributed by atoms with E-state index in [0.29, 0.717) is 11.3 Å². The highest BCUT2D eigenvalue weighted by Crippen LogP contribution is 2.31. The van der Waals surface area contributed by atoms with Crippen LogP contribution < -0.4 is 5.32 Å². The summed E-state index contributed by atoms with van der Waals surface area (Å²) in [5.41, 5.74) is 2.10. The monoisotopic (exact) mass is 335 g/mol. The normalized spacial score (nSPS) is 20.2. The van der Waals surface area contributed by atoms with Crippen LogP contribution in [0.15, 0.2) is 55.1 Å². The molecule has 2 atom stereocenters. The molecule has 0 unspecified atom stereocenters. The Morgan fingerprint density at radius 1 is 1.24 bits per heavy atom. The lowest BCUT2D eigenvalue weighted by Gasteiger charge is -2.25. The smallest absolute Gasteiger partial charge is 0.268 e. The summed E-state index contributed by atoms with van der Waals surface area (Å²) >= 11 is 0. The summed E-state index contributed by atoms with van der Waals surface area (Å²) in [6.07, 6.45) is 7.08. The van der Waals surface area contributed by atoms with Crippen molar-refractivity contribution in [2.24, 2.45) is 0 Å². The molecule has 0 aromatic carbocycles. The van der Waals surface area contributed by atoms with Gasteiger partial charge in [0.15, 0.2) is 0 Å². The molecule has 4 heterocycles. The number of nitrogens with zero attached hydrogens (tertiary/aromatic N) is 4. The van der Waals surface area contributed by atoms with E-state index in [9.17, 15) is 9.59 Å². The molecule has 0 spiro atoms. The third-order valence-corrected chi connectivity index (χ3v) is 4.59. The van der Waals surface area contributed by atoms with Crippen molar-refractivity contribution in [2.75, 3.05) is 7.05 Å². The number of rotatable bonds is 3. The Hall–Kier alpha value is -3.22. The Kier molecular flexibility index (Phi) is 3.68. The van der Waals surface area contributed by atoms with Crippen LogP contribution in [0.25, 0.3) is 5.65 Å². The van der Waals surface area contributed by atoms with E-state index >= 15 is 0 Å². The zero-order chi connectivity index (χ0) is 17.4. The number of carbonyl (C=O) groups excluding carboxylic acids is 2. The molecule has 0 aliphatic carbocycles. The van der Waals surface area contributed by atoms with Gasteiger partial charge in [-0.15, -0.1) is 0 Å². The van der Waals surface area contributed by atoms with Crippen LogP contribution in [0.1, 0.15) is 28.5 Å². The van der Waals surface area contributed by atoms with Gasteiger partial charge in [0, 0.05) is 38.3 Å². The highest BCUT2D eigenvalue weighted by atomic mass is 16.2. The first-order valence-corrected chi connectivity index (χ1v) is 8.03. The van der Waals surface area contributed by atoms with Gasteiger partial charge in [-0.2, -0.15) is 0 Å². The molecule has 25 heavy (non-hydrogen) atoms. The van der Waals surface area contributed by atoms with Crippen molar-refractivity contribution in [3.8, 4) is 0 Å². The number of carbonyl (C=O) groups is 2. The summed E-state index contributed by atoms with van der Waals surface area (Å²) < 4.78 is 1.73. The molecule has 1 fully saturated rings. The number of likely N-dealkylation sites (tertiary alicyclic amines) is 1. The minimum absolute atomic E-state index is 0.00000693. The average Bonchev–Trinajstić information content (AvgIpc) is 3.20. The van der Waals surface area contributed by atoms with Gasteiger partial charge in [-0.25, -0.2) is 4.98 Å². The second-order valence-corrected chi connectivity index (χ2v) is 6.09. The van der Waals surface area contributed by atoms with Crippen molar-refractivity contribution < 1.29 is 9.59 Å². The fourth-order valence-corrected chi connectivity index (χ4v) is 3.38. The van der Waals surface area contributed by atoms with Gasteiger partial charge in [0.25, 0.3) is 5.91 Å². The summed E-state index contributed by atoms with van der Waals surface area (Å²) in [7, 11) is 1.75. The molecule has 7 heteroatoms. The molecule has 3 aromatic heterocycles. The predicted molar refractivity (Wildman–Crippen MR) is 90.8 cm³/mol. The molecule has 1 saturated heterocycles. The van der Waals surface area contributed by atoms with E-state index in [0.717, 1.165) is 5.56 Å². The molecule has 1 aliphatic heterocycles. The Morgan fingerprint density at radius 3 is 2.92 bits per heavy atom. The van der Waals surface area contributed by atoms with Crippen LogP contribution in [0, 0.1) is 0 Å². The third-order valence-electron chi connectivity index (χ3n) is 4.59. The van der Waals surface area contributed by atoms with Crippen LogP contribution in [-0.4, -0.2) is 44.2 Å². The summed E-state index contributed by atoms with van der Waals surface area (Å²) in [5.74, 6) is -0.231. The van der Waals surface area contributed by atoms with Gasteiger partial charge in [-0.05, 0) is 23.8 Å². The topological polar surface area (TPSA) is 79.6 Å². The minimum atomic E-state index is -0.312. The maximum absolute atomic E-state index is 12.8. The lowest BCUT2D eigenvalue weighted by Crippen LogP contribution is -2.39. The zero-order valence-corrected chi connectivity index (χ0v) is 13.7. The van der Waals surface area contributed by atoms with E-state index in [1.165, 1.54) is 0 Å². The van der Waals surface area contributed by atoms with Crippen molar-refractivity contribution in [1.29, 1.82) is 0 Å². The summed E-state index contributed by atoms with van der Waals surface area (Å²) in [6.45, 7) is 0. The SMILES string of the molecule is CN1C(=O)C[C@@H](NC(=O)c2cccc3nccn23)[C@@H]1c1cccnc1. The van der Waals surface area contributed by atoms with Crippen LogP contribution in [0.2, 0.25) is 0 Å². The van der Waals surface area contributed by atoms with Gasteiger partial charge in [0.1, 0.15) is 11.3 Å². The van der Waals surface area contributed by atoms with Crippen LogP contribution in [0.4, 0.5) is 0 Å². The van der Waals surface area contributed by atoms with Crippen molar-refractivity contribution in [1.82, 2.24) is 24.6 Å². The molecule has 7 nitrogen and oxygen atoms in total. The van der Waals surface area contributed by atoms with Gasteiger partial charge in [-0.3, -0.25) is 19.0 Å². The maximum atomic E-state index is 12.8. The minimum Gasteiger partial charge on any atom is -0.345 e. The first-order chi connectivity index (χ1) is 12.1. The third kappa shape index (κ3) is 2.63. The molecule has 4 rings (SSSR count). The predicted octanol–water partition coefficient (Wildman–Crippen LogP) is 1.43. The quantitative estimate of drug-likeness (QED) is 0.785. The summed E-state index contributed by atoms with van der Waals surface area (Å²) in [4.78, 5) is 35.0. The van der Waals surface area contributed by atoms with Gasteiger partial charge in [0.2, 0.25) is 5.91 Å². The number of pyridine rings is 2. The number of imidazole rings is 1. The van der Waals surface area contributed by atoms with Gasteiger partial charge < -0.3 is 10.2 Å². The molecule has 1 aliphatic rings. The molecule has 0 saturated carbocycles. The second kappa shape index (κ2) is 6.01. The summed E-state index contributed by atoms with van der Waals surface area (Å²) in [5, 5.41) is 3.01. The fraction of sp³-hybridized carbons (Fsp3) is 0.222. The number of hydrogen-bond acceptors (Lipinski definition) is 4. The molecule has 2 amide bonds. The van der Waals surface area contributed by atoms with Crippen LogP contribution in [0.5, 0.6) is 0 Å². The zero-order valence-electron chi connectivity index (χ0n) is 13.7. The first-order valence-electron chi connectivity index (χ1n) is 8.03. The standard InChI is InChI=1S/C18H17N5O2/c1-22-16(24)10-13(17(22)12-4-3-7-19-11-12)21-18(25)14-5-2-6-15-20-8-9-23(14)15/h2-9,11,13,17H,10H2,1H3,(H,21,25)/t13-,17+/m1/s1. The number of aromatic nitrogens is 3. The Morgan fingerprint density at radius 2 is 2.12 bits per heavy atom. The first kappa shape index (κ1) is 15.3. The Bertz CT molecular complexity index is 937. The van der Waals surface area contributed by atoms with E-state index in [4.69, 9.17) is 0 Å². The highest BCUT2D eigenvalue weighted by Gasteiger charge is 2.39. The Balaban J connectivity index is 1.63. The van der Waals surface area contributed by atoms with Crippen LogP contribution in [0.3, 0.4) is 0 Å². The molecule has 1 N–H and O–H groups in total. The molecular formula is C18H17N5O2. The molecule has 126 valence electrons. The number of amides is 2. The van der Waals surface area contributed by atoms with Gasteiger partial charge in [0.05, 0.1) is 12.1 Å². The van der Waals surface area contributed by atoms with Crippen molar-refractivity contribution in [3.05, 3.63) is 66.4 Å². The molecule has 3 aromatic rings. The van der Waals surface area contributed by atoms with Gasteiger partial charge >= 0.3 is 0 Å². The molecule has 0 bridgehead atoms. The van der Waals surface area contributed by atoms with Crippen LogP contribution in [-0.2, 0) is 4.79 Å². The second-order valence-electron chi connectivity index (χ2n) is 6.09. The number of nitrogens with one attached hydrogen (secondary N) is 1. The van der Waals surface area contributed by atoms with Crippen LogP contribution >= 0.6 is 0 Å². The maximum Gasteiger partial charge on any atom is 0.268 e. The van der Waals surface area contributed by atoms with E-state index in [1.54, 1.807) is 53.3 Å². The average molecular weight is 335 g/mol. The lowest BCUT2D eigenvalue weighted by molar-refractivity contribution is -0.127. The largest absolute Gasteiger partial charge is 0.345 e. The van der Waals surface area contributed by atoms with E-state index in [2.05, 4.69) is 15.3 Å². The van der Waals surface area contributed by atoms with Crippen molar-refractivity contribution in [2.45, 2.75) is 18.5 Å². The lowest BCUT2D eigenvalue weighted by atomic mass is 10.0. The van der Waals surface area contributed by atoms with E-state index in [1.807, 2.05) is 18.2 Å². The highest BCUT2D eigenvalue weighted by molar-refractivity contribution is 5.94. The number of fused-ring (bicyclic) bond motifs is 1. The molecule has 0 radical (unpaired) electrons. The fourth-order valence-electron chi connectivity index (χ4n) is 3.38. The molecular weight excluding hydrogens is 318 g/mol. The van der Waals surface area contributed by atoms with Crippen molar-refractivity contribution in [3.63, 3.8) is 0 Å². The van der Waals surface area contributed by atoms with Crippen molar-refractivity contribution >= 4 is 17.5 Å². The Labute approximate surface area is 144 Å². The summed E-state index contributed by atoms with van der Waals surface area (Å²) in [6, 6.07) is 8.58. The van der Waals surface area contributed by atoms with E-state index < -0.39 is 0 Å². The van der Waals surface area contributed by atoms with E-state index in [-0.39, 0.29) is 30.3 Å². The number of hydrogen-bond donors (Lipinski definition) is 1. The number of likely N-dealkylation sites (N-methyl/N-ethyl adjacent to an activating group) is 1.